The Labute approximate surface area is 317 Å². The first kappa shape index (κ1) is 35.4. The minimum Gasteiger partial charge on any atom is -0.0533 e. The van der Waals surface area contributed by atoms with Gasteiger partial charge in [-0.05, 0) is 184 Å². The maximum absolute atomic E-state index is 1.71. The van der Waals surface area contributed by atoms with E-state index in [1.165, 1.54) is 0 Å². The minimum absolute atomic E-state index is 1.11. The molecule has 0 heterocycles. The summed E-state index contributed by atoms with van der Waals surface area (Å²) in [5, 5.41) is 0. The summed E-state index contributed by atoms with van der Waals surface area (Å²) in [4.78, 5) is 0. The second-order valence-corrected chi connectivity index (χ2v) is 22.8. The molecule has 14 atom stereocenters. The lowest BCUT2D eigenvalue weighted by molar-refractivity contribution is -0.0693. The fraction of sp³-hybridized carbons (Fsp3) is 1.00. The van der Waals surface area contributed by atoms with Gasteiger partial charge in [-0.3, -0.25) is 0 Å². The summed E-state index contributed by atoms with van der Waals surface area (Å²) in [5.41, 5.74) is 0. The van der Waals surface area contributed by atoms with Crippen molar-refractivity contribution in [3.63, 3.8) is 0 Å². The van der Waals surface area contributed by atoms with Crippen LogP contribution in [0.15, 0.2) is 0 Å². The van der Waals surface area contributed by atoms with E-state index in [9.17, 15) is 0 Å². The predicted octanol–water partition coefficient (Wildman–Crippen LogP) is 15.1. The molecule has 288 valence electrons. The average Bonchev–Trinajstić information content (AvgIpc) is 3.58. The van der Waals surface area contributed by atoms with Gasteiger partial charge in [0.15, 0.2) is 0 Å². The van der Waals surface area contributed by atoms with Crippen LogP contribution in [-0.4, -0.2) is 0 Å². The Morgan fingerprint density at radius 3 is 1.14 bits per heavy atom. The van der Waals surface area contributed by atoms with E-state index in [2.05, 4.69) is 0 Å². The van der Waals surface area contributed by atoms with Crippen LogP contribution in [0.2, 0.25) is 0 Å². The van der Waals surface area contributed by atoms with E-state index in [0.29, 0.717) is 0 Å². The Bertz CT molecular complexity index is 1080. The first-order valence-corrected chi connectivity index (χ1v) is 25.3. The molecular weight excluding hydrogens is 613 g/mol. The maximum Gasteiger partial charge on any atom is -0.0321 e. The average molecular weight is 697 g/mol. The van der Waals surface area contributed by atoms with Gasteiger partial charge in [0.1, 0.15) is 0 Å². The zero-order chi connectivity index (χ0) is 33.7. The number of hydrogen-bond donors (Lipinski definition) is 0. The summed E-state index contributed by atoms with van der Waals surface area (Å²) >= 11 is 0. The SMILES string of the molecule is C1CCC(C2CC(C3CCCCC3)CC(C3CCC(C4CCC(C5CCCCC5)C5C6CC7CCCCC7CC6CC45)C4CCCCC34)C2)CC1. The molecule has 10 aliphatic carbocycles. The summed E-state index contributed by atoms with van der Waals surface area (Å²) in [6, 6.07) is 0. The quantitative estimate of drug-likeness (QED) is 0.268. The molecule has 0 N–H and O–H groups in total. The van der Waals surface area contributed by atoms with Gasteiger partial charge >= 0.3 is 0 Å². The molecule has 10 rings (SSSR count). The molecule has 0 heteroatoms. The highest BCUT2D eigenvalue weighted by molar-refractivity contribution is 5.07. The molecule has 51 heavy (non-hydrogen) atoms. The summed E-state index contributed by atoms with van der Waals surface area (Å²) < 4.78 is 0. The highest BCUT2D eigenvalue weighted by Gasteiger charge is 2.58. The van der Waals surface area contributed by atoms with Gasteiger partial charge < -0.3 is 0 Å². The summed E-state index contributed by atoms with van der Waals surface area (Å²) in [5.74, 6) is 20.3. The van der Waals surface area contributed by atoms with Crippen molar-refractivity contribution >= 4 is 0 Å². The topological polar surface area (TPSA) is 0 Å². The third kappa shape index (κ3) is 7.03. The summed E-state index contributed by atoms with van der Waals surface area (Å²) in [6.07, 6.45) is 53.2. The van der Waals surface area contributed by atoms with Crippen LogP contribution >= 0.6 is 0 Å². The molecule has 0 amide bonds. The molecule has 0 nitrogen and oxygen atoms in total. The van der Waals surface area contributed by atoms with Crippen LogP contribution in [0, 0.1) is 107 Å². The van der Waals surface area contributed by atoms with Gasteiger partial charge in [-0.25, -0.2) is 0 Å². The van der Waals surface area contributed by atoms with Gasteiger partial charge in [0.2, 0.25) is 0 Å². The van der Waals surface area contributed by atoms with E-state index in [1.807, 2.05) is 0 Å². The van der Waals surface area contributed by atoms with Gasteiger partial charge in [-0.1, -0.05) is 135 Å². The van der Waals surface area contributed by atoms with Gasteiger partial charge in [0.05, 0.1) is 0 Å². The van der Waals surface area contributed by atoms with Gasteiger partial charge in [-0.15, -0.1) is 0 Å². The van der Waals surface area contributed by atoms with Crippen LogP contribution in [-0.2, 0) is 0 Å². The smallest absolute Gasteiger partial charge is 0.0321 e. The lowest BCUT2D eigenvalue weighted by atomic mass is 9.49. The second-order valence-electron chi connectivity index (χ2n) is 22.8. The van der Waals surface area contributed by atoms with E-state index < -0.39 is 0 Å². The Hall–Kier alpha value is 0. The molecule has 14 unspecified atom stereocenters. The predicted molar refractivity (Wildman–Crippen MR) is 215 cm³/mol. The van der Waals surface area contributed by atoms with Crippen molar-refractivity contribution < 1.29 is 0 Å². The molecule has 0 aromatic heterocycles. The van der Waals surface area contributed by atoms with Crippen molar-refractivity contribution in [1.82, 2.24) is 0 Å². The number of hydrogen-bond acceptors (Lipinski definition) is 0. The molecule has 0 aromatic rings. The molecule has 0 spiro atoms. The summed E-state index contributed by atoms with van der Waals surface area (Å²) in [7, 11) is 0. The van der Waals surface area contributed by atoms with Gasteiger partial charge in [-0.2, -0.15) is 0 Å². The lowest BCUT2D eigenvalue weighted by Gasteiger charge is -2.56. The fourth-order valence-electron chi connectivity index (χ4n) is 19.1. The van der Waals surface area contributed by atoms with Crippen molar-refractivity contribution in [2.75, 3.05) is 0 Å². The zero-order valence-electron chi connectivity index (χ0n) is 33.7. The standard InChI is InChI=1S/C51H84/c1-4-14-34(15-5-1)39-29-40(35-16-6-2-7-17-35)31-41(30-39)43-24-26-47(46-23-13-12-22-45(43)46)48-27-25-44(36-18-8-3-9-19-36)51-49-32-38-21-11-10-20-37(38)28-42(49)33-50(48)51/h34-51H,1-33H2. The van der Waals surface area contributed by atoms with Crippen LogP contribution in [0.4, 0.5) is 0 Å². The van der Waals surface area contributed by atoms with E-state index >= 15 is 0 Å². The highest BCUT2D eigenvalue weighted by Crippen LogP contribution is 2.66. The third-order valence-electron chi connectivity index (χ3n) is 21.0. The molecule has 0 bridgehead atoms. The van der Waals surface area contributed by atoms with Gasteiger partial charge in [0.25, 0.3) is 0 Å². The molecule has 0 radical (unpaired) electrons. The molecule has 0 aliphatic heterocycles. The maximum atomic E-state index is 1.71. The van der Waals surface area contributed by atoms with Gasteiger partial charge in [0, 0.05) is 0 Å². The highest BCUT2D eigenvalue weighted by atomic mass is 14.6. The Balaban J connectivity index is 0.897. The van der Waals surface area contributed by atoms with Crippen LogP contribution in [0.1, 0.15) is 212 Å². The Morgan fingerprint density at radius 1 is 0.157 bits per heavy atom. The van der Waals surface area contributed by atoms with Crippen LogP contribution < -0.4 is 0 Å². The van der Waals surface area contributed by atoms with E-state index in [0.717, 1.165) is 107 Å². The molecule has 10 fully saturated rings. The monoisotopic (exact) mass is 697 g/mol. The normalized spacial score (nSPS) is 50.5. The largest absolute Gasteiger partial charge is 0.0533 e. The van der Waals surface area contributed by atoms with Crippen molar-refractivity contribution in [3.8, 4) is 0 Å². The molecule has 0 aromatic carbocycles. The van der Waals surface area contributed by atoms with Crippen molar-refractivity contribution in [2.24, 2.45) is 107 Å². The molecular formula is C51H84. The van der Waals surface area contributed by atoms with Crippen LogP contribution in [0.3, 0.4) is 0 Å². The first-order valence-electron chi connectivity index (χ1n) is 25.3. The third-order valence-corrected chi connectivity index (χ3v) is 21.0. The van der Waals surface area contributed by atoms with E-state index in [4.69, 9.17) is 0 Å². The molecule has 10 saturated carbocycles. The van der Waals surface area contributed by atoms with Crippen molar-refractivity contribution in [2.45, 2.75) is 212 Å². The Morgan fingerprint density at radius 2 is 0.510 bits per heavy atom. The van der Waals surface area contributed by atoms with Crippen LogP contribution in [0.25, 0.3) is 0 Å². The summed E-state index contributed by atoms with van der Waals surface area (Å²) in [6.45, 7) is 0. The van der Waals surface area contributed by atoms with Crippen LogP contribution in [0.5, 0.6) is 0 Å². The first-order chi connectivity index (χ1) is 25.3. The Kier molecular flexibility index (Phi) is 11.0. The van der Waals surface area contributed by atoms with Crippen molar-refractivity contribution in [3.05, 3.63) is 0 Å². The van der Waals surface area contributed by atoms with Crippen molar-refractivity contribution in [1.29, 1.82) is 0 Å². The van der Waals surface area contributed by atoms with E-state index in [-0.39, 0.29) is 0 Å². The van der Waals surface area contributed by atoms with E-state index in [1.54, 1.807) is 212 Å². The zero-order valence-corrected chi connectivity index (χ0v) is 33.7. The second kappa shape index (κ2) is 15.9. The lowest BCUT2D eigenvalue weighted by Crippen LogP contribution is -2.48. The molecule has 10 aliphatic rings. The molecule has 0 saturated heterocycles. The minimum atomic E-state index is 1.11. The number of fused-ring (bicyclic) bond motifs is 5. The number of rotatable bonds is 5. The fourth-order valence-corrected chi connectivity index (χ4v) is 19.1.